The third-order valence-corrected chi connectivity index (χ3v) is 9.13. The molecule has 4 rings (SSSR count). The van der Waals surface area contributed by atoms with Crippen molar-refractivity contribution in [3.63, 3.8) is 0 Å². The van der Waals surface area contributed by atoms with Crippen LogP contribution in [0.2, 0.25) is 0 Å². The first kappa shape index (κ1) is 37.2. The van der Waals surface area contributed by atoms with Gasteiger partial charge in [0.15, 0.2) is 10.2 Å². The number of nitrogens with one attached hydrogen (secondary N) is 5. The second-order valence-electron chi connectivity index (χ2n) is 12.2. The lowest BCUT2D eigenvalue weighted by atomic mass is 9.98. The molecule has 1 heterocycles. The van der Waals surface area contributed by atoms with Gasteiger partial charge in [-0.2, -0.15) is 0 Å². The summed E-state index contributed by atoms with van der Waals surface area (Å²) >= 11 is 10.8. The zero-order chi connectivity index (χ0) is 35.3. The van der Waals surface area contributed by atoms with Gasteiger partial charge in [0, 0.05) is 36.5 Å². The van der Waals surface area contributed by atoms with Gasteiger partial charge >= 0.3 is 0 Å². The van der Waals surface area contributed by atoms with Crippen LogP contribution in [0.1, 0.15) is 50.3 Å². The number of hydrogen-bond donors (Lipinski definition) is 6. The minimum atomic E-state index is -0.592. The Bertz CT molecular complexity index is 1520. The molecule has 4 atom stereocenters. The zero-order valence-corrected chi connectivity index (χ0v) is 29.7. The lowest BCUT2D eigenvalue weighted by Gasteiger charge is -2.32. The molecule has 0 aromatic heterocycles. The van der Waals surface area contributed by atoms with Crippen molar-refractivity contribution in [3.8, 4) is 0 Å². The van der Waals surface area contributed by atoms with E-state index in [0.29, 0.717) is 37.5 Å². The number of amides is 3. The van der Waals surface area contributed by atoms with E-state index in [1.807, 2.05) is 96.8 Å². The van der Waals surface area contributed by atoms with Gasteiger partial charge in [0.25, 0.3) is 0 Å². The number of nitrogens with zero attached hydrogens (tertiary/aromatic N) is 2. The third-order valence-electron chi connectivity index (χ3n) is 8.66. The van der Waals surface area contributed by atoms with Crippen LogP contribution in [-0.2, 0) is 14.4 Å². The Labute approximate surface area is 299 Å². The van der Waals surface area contributed by atoms with Crippen LogP contribution in [0.25, 0.3) is 0 Å². The van der Waals surface area contributed by atoms with E-state index in [2.05, 4.69) is 26.6 Å². The maximum atomic E-state index is 13.8. The summed E-state index contributed by atoms with van der Waals surface area (Å²) in [4.78, 5) is 42.5. The maximum Gasteiger partial charge on any atom is 0.243 e. The summed E-state index contributed by atoms with van der Waals surface area (Å²) < 4.78 is 0. The Hall–Kier alpha value is -4.59. The summed E-state index contributed by atoms with van der Waals surface area (Å²) in [5.74, 6) is -0.305. The number of nitrogens with two attached hydrogens (primary N) is 1. The first-order valence-electron chi connectivity index (χ1n) is 16.4. The number of carbonyl (C=O) groups excluding carboxylic acids is 3. The number of hydrogen-bond acceptors (Lipinski definition) is 6. The highest BCUT2D eigenvalue weighted by Crippen LogP contribution is 2.28. The van der Waals surface area contributed by atoms with Crippen molar-refractivity contribution in [2.45, 2.75) is 63.3 Å². The van der Waals surface area contributed by atoms with Crippen molar-refractivity contribution in [3.05, 3.63) is 96.1 Å². The van der Waals surface area contributed by atoms with Gasteiger partial charge in [-0.05, 0) is 100.0 Å². The Morgan fingerprint density at radius 1 is 0.898 bits per heavy atom. The average molecular weight is 703 g/mol. The molecule has 0 bridgehead atoms. The maximum absolute atomic E-state index is 13.8. The fourth-order valence-corrected chi connectivity index (χ4v) is 6.35. The van der Waals surface area contributed by atoms with E-state index < -0.39 is 6.04 Å². The Morgan fingerprint density at radius 3 is 2.00 bits per heavy atom. The van der Waals surface area contributed by atoms with E-state index in [9.17, 15) is 14.4 Å². The lowest BCUT2D eigenvalue weighted by molar-refractivity contribution is -0.132. The van der Waals surface area contributed by atoms with Gasteiger partial charge in [-0.3, -0.25) is 14.4 Å². The van der Waals surface area contributed by atoms with Crippen LogP contribution >= 0.6 is 24.4 Å². The number of anilines is 2. The molecule has 3 amide bonds. The number of likely N-dealkylation sites (tertiary alicyclic amines) is 1. The molecule has 3 aromatic rings. The summed E-state index contributed by atoms with van der Waals surface area (Å²) in [6.07, 6.45) is 2.59. The van der Waals surface area contributed by atoms with Gasteiger partial charge in [-0.15, -0.1) is 0 Å². The summed E-state index contributed by atoms with van der Waals surface area (Å²) in [5, 5.41) is 16.0. The van der Waals surface area contributed by atoms with E-state index in [0.717, 1.165) is 28.9 Å². The molecule has 11 nitrogen and oxygen atoms in total. The van der Waals surface area contributed by atoms with Crippen LogP contribution < -0.4 is 32.3 Å². The summed E-state index contributed by atoms with van der Waals surface area (Å²) in [6, 6.07) is 25.3. The van der Waals surface area contributed by atoms with Crippen molar-refractivity contribution < 1.29 is 14.4 Å². The highest BCUT2D eigenvalue weighted by Gasteiger charge is 2.38. The Kier molecular flexibility index (Phi) is 13.9. The summed E-state index contributed by atoms with van der Waals surface area (Å²) in [5.41, 5.74) is 9.03. The molecule has 260 valence electrons. The molecular formula is C36H46N8O3S2. The van der Waals surface area contributed by atoms with Crippen molar-refractivity contribution >= 4 is 64.3 Å². The highest BCUT2D eigenvalue weighted by atomic mass is 32.1. The molecular weight excluding hydrogens is 657 g/mol. The van der Waals surface area contributed by atoms with Crippen LogP contribution in [-0.4, -0.2) is 82.6 Å². The van der Waals surface area contributed by atoms with Crippen LogP contribution in [0.4, 0.5) is 11.4 Å². The average Bonchev–Trinajstić information content (AvgIpc) is 3.52. The number of likely N-dealkylation sites (N-methyl/N-ethyl adjacent to an activating group) is 1. The highest BCUT2D eigenvalue weighted by molar-refractivity contribution is 7.80. The molecule has 49 heavy (non-hydrogen) atoms. The van der Waals surface area contributed by atoms with Gasteiger partial charge < -0.3 is 42.1 Å². The minimum absolute atomic E-state index is 0.115. The molecule has 1 aliphatic rings. The van der Waals surface area contributed by atoms with E-state index in [1.54, 1.807) is 18.9 Å². The van der Waals surface area contributed by atoms with Crippen LogP contribution in [0.5, 0.6) is 0 Å². The predicted octanol–water partition coefficient (Wildman–Crippen LogP) is 3.74. The molecule has 1 saturated heterocycles. The minimum Gasteiger partial charge on any atom is -0.376 e. The van der Waals surface area contributed by atoms with Crippen molar-refractivity contribution in [2.24, 2.45) is 5.73 Å². The lowest BCUT2D eigenvalue weighted by Crippen LogP contribution is -2.50. The molecule has 3 aromatic carbocycles. The van der Waals surface area contributed by atoms with Crippen molar-refractivity contribution in [2.75, 3.05) is 30.8 Å². The second kappa shape index (κ2) is 18.2. The van der Waals surface area contributed by atoms with Gasteiger partial charge in [0.1, 0.15) is 6.04 Å². The largest absolute Gasteiger partial charge is 0.376 e. The van der Waals surface area contributed by atoms with Crippen LogP contribution in [0.3, 0.4) is 0 Å². The van der Waals surface area contributed by atoms with Crippen LogP contribution in [0, 0.1) is 0 Å². The van der Waals surface area contributed by atoms with Crippen molar-refractivity contribution in [1.29, 1.82) is 0 Å². The number of rotatable bonds is 15. The molecule has 0 saturated carbocycles. The first-order valence-corrected chi connectivity index (χ1v) is 17.2. The molecule has 7 N–H and O–H groups in total. The third kappa shape index (κ3) is 10.7. The monoisotopic (exact) mass is 702 g/mol. The topological polar surface area (TPSA) is 144 Å². The van der Waals surface area contributed by atoms with Gasteiger partial charge in [-0.1, -0.05) is 60.7 Å². The van der Waals surface area contributed by atoms with E-state index in [4.69, 9.17) is 30.2 Å². The quantitative estimate of drug-likeness (QED) is 0.102. The smallest absolute Gasteiger partial charge is 0.243 e. The number of thiocarbonyl (C=S) groups is 2. The standard InChI is InChI=1S/C36H46N8O3S2/c1-24(39-33(46)25(2)38-3)22-43(36(49)41-29-16-14-28(15-17-29)40-35(37)48)21-20-30-18-19-31(44(30)23-45)34(47)42-32(26-10-6-4-7-11-26)27-12-8-5-9-13-27/h4-17,23-25,30-32,38H,18-22H2,1-3H3,(H,39,46)(H,41,49)(H,42,47)(H3,37,40,48)/t24?,25?,30-,31?/m1/s1. The Morgan fingerprint density at radius 2 is 1.47 bits per heavy atom. The van der Waals surface area contributed by atoms with Gasteiger partial charge in [0.2, 0.25) is 18.2 Å². The van der Waals surface area contributed by atoms with Crippen LogP contribution in [0.15, 0.2) is 84.9 Å². The van der Waals surface area contributed by atoms with E-state index >= 15 is 0 Å². The molecule has 0 aliphatic carbocycles. The molecule has 3 unspecified atom stereocenters. The second-order valence-corrected chi connectivity index (χ2v) is 13.0. The van der Waals surface area contributed by atoms with E-state index in [1.165, 1.54) is 0 Å². The molecule has 0 radical (unpaired) electrons. The Balaban J connectivity index is 1.45. The first-order chi connectivity index (χ1) is 23.6. The molecule has 1 fully saturated rings. The van der Waals surface area contributed by atoms with E-state index in [-0.39, 0.29) is 41.1 Å². The fourth-order valence-electron chi connectivity index (χ4n) is 5.95. The summed E-state index contributed by atoms with van der Waals surface area (Å²) in [7, 11) is 1.74. The number of benzene rings is 3. The SMILES string of the molecule is CNC(C)C(=O)NC(C)CN(CC[C@H]1CCC(C(=O)NC(c2ccccc2)c2ccccc2)N1C=O)C(=S)Nc1ccc(NC(N)=S)cc1. The van der Waals surface area contributed by atoms with Crippen molar-refractivity contribution in [1.82, 2.24) is 25.8 Å². The predicted molar refractivity (Wildman–Crippen MR) is 203 cm³/mol. The zero-order valence-electron chi connectivity index (χ0n) is 28.1. The molecule has 1 aliphatic heterocycles. The van der Waals surface area contributed by atoms with Gasteiger partial charge in [0.05, 0.1) is 12.1 Å². The normalized spacial score (nSPS) is 16.7. The number of carbonyl (C=O) groups is 3. The molecule has 0 spiro atoms. The summed E-state index contributed by atoms with van der Waals surface area (Å²) in [6.45, 7) is 4.65. The fraction of sp³-hybridized carbons (Fsp3) is 0.361. The molecule has 13 heteroatoms. The van der Waals surface area contributed by atoms with Gasteiger partial charge in [-0.25, -0.2) is 0 Å².